The number of halogens is 3. The van der Waals surface area contributed by atoms with Crippen LogP contribution >= 0.6 is 11.3 Å². The Bertz CT molecular complexity index is 1620. The lowest BCUT2D eigenvalue weighted by atomic mass is 10.0. The number of anilines is 1. The number of rotatable bonds is 2. The van der Waals surface area contributed by atoms with Crippen LogP contribution in [-0.4, -0.2) is 67.3 Å². The van der Waals surface area contributed by atoms with E-state index in [0.29, 0.717) is 41.1 Å². The first-order chi connectivity index (χ1) is 18.4. The number of nitrogens with zero attached hydrogens (tertiary/aromatic N) is 4. The predicted octanol–water partition coefficient (Wildman–Crippen LogP) is 3.58. The summed E-state index contributed by atoms with van der Waals surface area (Å²) in [5, 5.41) is 19.7. The zero-order valence-corrected chi connectivity index (χ0v) is 21.0. The highest BCUT2D eigenvalue weighted by Crippen LogP contribution is 2.34. The number of alkyl halides is 3. The average Bonchev–Trinajstić information content (AvgIpc) is 3.53. The number of hydrogen-bond acceptors (Lipinski definition) is 8. The van der Waals surface area contributed by atoms with Crippen molar-refractivity contribution in [3.05, 3.63) is 59.7 Å². The van der Waals surface area contributed by atoms with Crippen LogP contribution in [0.15, 0.2) is 54.2 Å². The Morgan fingerprint density at radius 2 is 1.92 bits per heavy atom. The highest BCUT2D eigenvalue weighted by atomic mass is 32.1. The van der Waals surface area contributed by atoms with E-state index in [-0.39, 0.29) is 5.91 Å². The van der Waals surface area contributed by atoms with Crippen molar-refractivity contribution in [1.29, 1.82) is 0 Å². The molecule has 3 aromatic heterocycles. The molecule has 1 atom stereocenters. The minimum absolute atomic E-state index is 0.296. The van der Waals surface area contributed by atoms with E-state index in [0.717, 1.165) is 16.0 Å². The van der Waals surface area contributed by atoms with Crippen molar-refractivity contribution >= 4 is 40.1 Å². The molecule has 1 aliphatic heterocycles. The number of aliphatic hydroxyl groups is 1. The number of thiophene rings is 1. The van der Waals surface area contributed by atoms with Gasteiger partial charge in [0.1, 0.15) is 17.4 Å². The van der Waals surface area contributed by atoms with Crippen LogP contribution in [0.4, 0.5) is 19.0 Å². The second-order valence-electron chi connectivity index (χ2n) is 8.46. The lowest BCUT2D eigenvalue weighted by molar-refractivity contribution is -0.192. The molecule has 0 unspecified atom stereocenters. The zero-order valence-electron chi connectivity index (χ0n) is 20.2. The number of aromatic nitrogens is 3. The summed E-state index contributed by atoms with van der Waals surface area (Å²) in [6, 6.07) is 13.5. The average molecular weight is 556 g/mol. The molecule has 200 valence electrons. The number of aliphatic carboxylic acids is 1. The zero-order chi connectivity index (χ0) is 28.4. The minimum Gasteiger partial charge on any atom is -0.475 e. The number of carboxylic acid groups (broad SMARTS) is 1. The number of carboxylic acids is 1. The van der Waals surface area contributed by atoms with Crippen molar-refractivity contribution in [2.24, 2.45) is 0 Å². The molecular formula is C26H20F3N5O4S. The monoisotopic (exact) mass is 555 g/mol. The molecule has 1 aromatic carbocycles. The third-order valence-corrected chi connectivity index (χ3v) is 6.63. The van der Waals surface area contributed by atoms with Gasteiger partial charge in [0.05, 0.1) is 5.69 Å². The molecule has 13 heteroatoms. The summed E-state index contributed by atoms with van der Waals surface area (Å²) in [4.78, 5) is 36.9. The first kappa shape index (κ1) is 27.5. The van der Waals surface area contributed by atoms with Crippen molar-refractivity contribution in [1.82, 2.24) is 19.9 Å². The van der Waals surface area contributed by atoms with Crippen molar-refractivity contribution < 1.29 is 33.0 Å². The van der Waals surface area contributed by atoms with Crippen molar-refractivity contribution in [2.45, 2.75) is 18.2 Å². The molecule has 0 radical (unpaired) electrons. The van der Waals surface area contributed by atoms with Crippen LogP contribution in [0.25, 0.3) is 32.7 Å². The third kappa shape index (κ3) is 5.97. The molecule has 9 nitrogen and oxygen atoms in total. The Balaban J connectivity index is 0.000000448. The molecule has 1 fully saturated rings. The molecule has 1 aliphatic rings. The van der Waals surface area contributed by atoms with Crippen LogP contribution in [0.1, 0.15) is 12.0 Å². The Morgan fingerprint density at radius 3 is 2.54 bits per heavy atom. The molecule has 0 bridgehead atoms. The van der Waals surface area contributed by atoms with Crippen LogP contribution < -0.4 is 5.73 Å². The minimum atomic E-state index is -5.08. The number of fused-ring (bicyclic) bond motifs is 1. The van der Waals surface area contributed by atoms with Gasteiger partial charge >= 0.3 is 12.1 Å². The lowest BCUT2D eigenvalue weighted by Crippen LogP contribution is -2.37. The Hall–Kier alpha value is -4.54. The molecule has 5 rings (SSSR count). The lowest BCUT2D eigenvalue weighted by Gasteiger charge is -2.13. The van der Waals surface area contributed by atoms with Gasteiger partial charge in [-0.1, -0.05) is 30.0 Å². The molecule has 1 saturated heterocycles. The third-order valence-electron chi connectivity index (χ3n) is 5.73. The Morgan fingerprint density at radius 1 is 1.18 bits per heavy atom. The van der Waals surface area contributed by atoms with Gasteiger partial charge in [0, 0.05) is 41.6 Å². The molecule has 1 amide bonds. The van der Waals surface area contributed by atoms with Crippen LogP contribution in [0.2, 0.25) is 0 Å². The maximum Gasteiger partial charge on any atom is 0.490 e. The molecule has 4 N–H and O–H groups in total. The first-order valence-corrected chi connectivity index (χ1v) is 12.1. The molecule has 4 heterocycles. The Labute approximate surface area is 223 Å². The number of pyridine rings is 1. The largest absolute Gasteiger partial charge is 0.490 e. The van der Waals surface area contributed by atoms with Crippen LogP contribution in [0, 0.1) is 11.8 Å². The summed E-state index contributed by atoms with van der Waals surface area (Å²) in [6.45, 7) is 0.486. The SMILES string of the molecule is CN1CC[C@@](O)(C#Cc2cccc(-c3cc(-c4cccs4)c4ncnc(N)c4n3)c2)C1=O.O=C(O)C(F)(F)F. The predicted molar refractivity (Wildman–Crippen MR) is 138 cm³/mol. The van der Waals surface area contributed by atoms with Gasteiger partial charge in [0.25, 0.3) is 5.91 Å². The summed E-state index contributed by atoms with van der Waals surface area (Å²) in [5.74, 6) is 2.91. The smallest absolute Gasteiger partial charge is 0.475 e. The number of nitrogens with two attached hydrogens (primary N) is 1. The number of carbonyl (C=O) groups is 2. The molecule has 39 heavy (non-hydrogen) atoms. The second kappa shape index (κ2) is 10.7. The normalized spacial score (nSPS) is 16.8. The fourth-order valence-corrected chi connectivity index (χ4v) is 4.47. The van der Waals surface area contributed by atoms with Crippen molar-refractivity contribution in [2.75, 3.05) is 19.3 Å². The summed E-state index contributed by atoms with van der Waals surface area (Å²) in [7, 11) is 1.66. The van der Waals surface area contributed by atoms with Gasteiger partial charge in [0.15, 0.2) is 5.82 Å². The van der Waals surface area contributed by atoms with E-state index in [1.807, 2.05) is 47.8 Å². The number of nitrogen functional groups attached to an aromatic ring is 1. The maximum absolute atomic E-state index is 12.2. The fraction of sp³-hybridized carbons (Fsp3) is 0.192. The molecular weight excluding hydrogens is 535 g/mol. The number of carbonyl (C=O) groups excluding carboxylic acids is 1. The fourth-order valence-electron chi connectivity index (χ4n) is 3.73. The van der Waals surface area contributed by atoms with Gasteiger partial charge in [-0.25, -0.2) is 19.7 Å². The highest BCUT2D eigenvalue weighted by Gasteiger charge is 2.42. The summed E-state index contributed by atoms with van der Waals surface area (Å²) in [6.07, 6.45) is -3.34. The molecule has 0 saturated carbocycles. The van der Waals surface area contributed by atoms with Crippen molar-refractivity contribution in [3.8, 4) is 33.5 Å². The summed E-state index contributed by atoms with van der Waals surface area (Å²) >= 11 is 1.61. The molecule has 0 aliphatic carbocycles. The van der Waals surface area contributed by atoms with Crippen LogP contribution in [0.3, 0.4) is 0 Å². The topological polar surface area (TPSA) is 143 Å². The summed E-state index contributed by atoms with van der Waals surface area (Å²) < 4.78 is 31.7. The highest BCUT2D eigenvalue weighted by molar-refractivity contribution is 7.13. The summed E-state index contributed by atoms with van der Waals surface area (Å²) in [5.41, 5.74) is 8.87. The number of amides is 1. The molecule has 4 aromatic rings. The van der Waals surface area contributed by atoms with Gasteiger partial charge in [0.2, 0.25) is 5.60 Å². The van der Waals surface area contributed by atoms with Gasteiger partial charge in [-0.05, 0) is 29.6 Å². The number of benzene rings is 1. The van der Waals surface area contributed by atoms with Crippen molar-refractivity contribution in [3.63, 3.8) is 0 Å². The van der Waals surface area contributed by atoms with E-state index in [2.05, 4.69) is 21.8 Å². The standard InChI is InChI=1S/C24H19N5O2S.C2HF3O2/c1-29-10-9-24(31,23(29)30)8-7-15-4-2-5-16(12-15)18-13-17(19-6-3-11-32-19)20-21(28-18)22(25)27-14-26-20;3-2(4,5)1(6)7/h2-6,11-14,31H,9-10H2,1H3,(H2,25,26,27);(H,6,7)/t24-;/m0./s1. The van der Waals surface area contributed by atoms with E-state index >= 15 is 0 Å². The maximum atomic E-state index is 12.2. The number of hydrogen-bond donors (Lipinski definition) is 3. The van der Waals surface area contributed by atoms with E-state index in [4.69, 9.17) is 20.6 Å². The van der Waals surface area contributed by atoms with E-state index < -0.39 is 17.7 Å². The van der Waals surface area contributed by atoms with E-state index in [9.17, 15) is 23.1 Å². The quantitative estimate of drug-likeness (QED) is 0.319. The molecule has 0 spiro atoms. The van der Waals surface area contributed by atoms with Gasteiger partial charge in [-0.15, -0.1) is 11.3 Å². The van der Waals surface area contributed by atoms with Crippen LogP contribution in [0.5, 0.6) is 0 Å². The Kier molecular flexibility index (Phi) is 7.53. The van der Waals surface area contributed by atoms with Crippen LogP contribution in [-0.2, 0) is 9.59 Å². The van der Waals surface area contributed by atoms with E-state index in [1.165, 1.54) is 11.2 Å². The first-order valence-electron chi connectivity index (χ1n) is 11.3. The van der Waals surface area contributed by atoms with Gasteiger partial charge < -0.3 is 20.8 Å². The second-order valence-corrected chi connectivity index (χ2v) is 9.41. The van der Waals surface area contributed by atoms with Gasteiger partial charge in [-0.3, -0.25) is 4.79 Å². The van der Waals surface area contributed by atoms with Gasteiger partial charge in [-0.2, -0.15) is 13.2 Å². The number of likely N-dealkylation sites (tertiary alicyclic amines) is 1. The van der Waals surface area contributed by atoms with E-state index in [1.54, 1.807) is 18.4 Å². The number of likely N-dealkylation sites (N-methyl/N-ethyl adjacent to an activating group) is 1.